The molecule has 96 valence electrons. The predicted octanol–water partition coefficient (Wildman–Crippen LogP) is 2.35. The van der Waals surface area contributed by atoms with E-state index in [-0.39, 0.29) is 5.78 Å². The van der Waals surface area contributed by atoms with Crippen LogP contribution in [-0.2, 0) is 0 Å². The molecule has 2 aliphatic heterocycles. The quantitative estimate of drug-likeness (QED) is 0.812. The van der Waals surface area contributed by atoms with Crippen LogP contribution in [0.3, 0.4) is 0 Å². The van der Waals surface area contributed by atoms with Crippen molar-refractivity contribution in [3.63, 3.8) is 0 Å². The maximum absolute atomic E-state index is 11.5. The lowest BCUT2D eigenvalue weighted by atomic mass is 9.97. The van der Waals surface area contributed by atoms with E-state index in [0.29, 0.717) is 18.1 Å². The van der Waals surface area contributed by atoms with Crippen LogP contribution in [0.15, 0.2) is 24.3 Å². The first-order chi connectivity index (χ1) is 8.65. The Morgan fingerprint density at radius 1 is 1.28 bits per heavy atom. The number of hydrogen-bond donors (Lipinski definition) is 1. The Balaban J connectivity index is 1.91. The van der Waals surface area contributed by atoms with Crippen LogP contribution in [0.1, 0.15) is 43.0 Å². The molecule has 3 rings (SSSR count). The van der Waals surface area contributed by atoms with Crippen LogP contribution in [0.25, 0.3) is 0 Å². The number of nitrogens with two attached hydrogens (primary N) is 1. The maximum Gasteiger partial charge on any atom is 0.159 e. The molecule has 2 saturated heterocycles. The molecule has 0 aliphatic carbocycles. The van der Waals surface area contributed by atoms with Gasteiger partial charge in [-0.2, -0.15) is 0 Å². The minimum Gasteiger partial charge on any atom is -0.365 e. The van der Waals surface area contributed by atoms with Crippen LogP contribution < -0.4 is 10.6 Å². The monoisotopic (exact) mass is 244 g/mol. The highest BCUT2D eigenvalue weighted by molar-refractivity contribution is 5.95. The van der Waals surface area contributed by atoms with Gasteiger partial charge in [-0.3, -0.25) is 4.79 Å². The Morgan fingerprint density at radius 2 is 1.94 bits per heavy atom. The van der Waals surface area contributed by atoms with Gasteiger partial charge >= 0.3 is 0 Å². The van der Waals surface area contributed by atoms with Crippen molar-refractivity contribution in [1.29, 1.82) is 0 Å². The summed E-state index contributed by atoms with van der Waals surface area (Å²) in [6, 6.07) is 9.53. The van der Waals surface area contributed by atoms with Gasteiger partial charge in [0.25, 0.3) is 0 Å². The van der Waals surface area contributed by atoms with Gasteiger partial charge in [0.15, 0.2) is 5.78 Å². The van der Waals surface area contributed by atoms with Crippen LogP contribution in [0, 0.1) is 0 Å². The summed E-state index contributed by atoms with van der Waals surface area (Å²) in [7, 11) is 0. The third-order valence-electron chi connectivity index (χ3n) is 4.32. The first-order valence-electron chi connectivity index (χ1n) is 6.80. The highest BCUT2D eigenvalue weighted by Crippen LogP contribution is 2.38. The van der Waals surface area contributed by atoms with E-state index in [1.54, 1.807) is 6.92 Å². The molecule has 3 nitrogen and oxygen atoms in total. The van der Waals surface area contributed by atoms with Crippen molar-refractivity contribution in [2.75, 3.05) is 4.90 Å². The summed E-state index contributed by atoms with van der Waals surface area (Å²) in [6.45, 7) is 1.62. The fourth-order valence-corrected chi connectivity index (χ4v) is 3.53. The second-order valence-corrected chi connectivity index (χ2v) is 5.63. The van der Waals surface area contributed by atoms with Crippen molar-refractivity contribution >= 4 is 11.5 Å². The van der Waals surface area contributed by atoms with Crippen molar-refractivity contribution in [1.82, 2.24) is 0 Å². The van der Waals surface area contributed by atoms with Crippen molar-refractivity contribution in [3.05, 3.63) is 29.8 Å². The smallest absolute Gasteiger partial charge is 0.159 e. The maximum atomic E-state index is 11.5. The summed E-state index contributed by atoms with van der Waals surface area (Å²) >= 11 is 0. The number of nitrogens with zero attached hydrogens (tertiary/aromatic N) is 1. The number of Topliss-reactive ketones (excluding diaryl/α,β-unsaturated/α-hetero) is 1. The summed E-state index contributed by atoms with van der Waals surface area (Å²) in [5, 5.41) is 0. The zero-order valence-electron chi connectivity index (χ0n) is 10.8. The summed E-state index contributed by atoms with van der Waals surface area (Å²) in [5.41, 5.74) is 8.10. The van der Waals surface area contributed by atoms with Gasteiger partial charge in [0.05, 0.1) is 0 Å². The lowest BCUT2D eigenvalue weighted by Gasteiger charge is -2.39. The van der Waals surface area contributed by atoms with Crippen LogP contribution >= 0.6 is 0 Å². The molecule has 2 aliphatic rings. The third-order valence-corrected chi connectivity index (χ3v) is 4.32. The molecule has 2 atom stereocenters. The van der Waals surface area contributed by atoms with Crippen molar-refractivity contribution in [2.24, 2.45) is 5.73 Å². The molecule has 0 radical (unpaired) electrons. The Labute approximate surface area is 108 Å². The number of piperidine rings is 1. The van der Waals surface area contributed by atoms with E-state index in [4.69, 9.17) is 5.73 Å². The normalized spacial score (nSPS) is 30.6. The third kappa shape index (κ3) is 1.93. The highest BCUT2D eigenvalue weighted by atomic mass is 16.1. The number of carbonyl (C=O) groups excluding carboxylic acids is 1. The van der Waals surface area contributed by atoms with Crippen molar-refractivity contribution in [3.8, 4) is 0 Å². The number of rotatable bonds is 2. The van der Waals surface area contributed by atoms with E-state index in [9.17, 15) is 4.79 Å². The second kappa shape index (κ2) is 4.39. The van der Waals surface area contributed by atoms with Gasteiger partial charge in [-0.25, -0.2) is 0 Å². The zero-order chi connectivity index (χ0) is 12.7. The summed E-state index contributed by atoms with van der Waals surface area (Å²) in [5.74, 6) is 0.137. The van der Waals surface area contributed by atoms with Gasteiger partial charge in [-0.15, -0.1) is 0 Å². The molecule has 0 amide bonds. The molecule has 0 aromatic heterocycles. The van der Waals surface area contributed by atoms with E-state index >= 15 is 0 Å². The largest absolute Gasteiger partial charge is 0.365 e. The zero-order valence-corrected chi connectivity index (χ0v) is 10.8. The molecule has 3 heteroatoms. The number of ketones is 1. The fourth-order valence-electron chi connectivity index (χ4n) is 3.53. The number of fused-ring (bicyclic) bond motifs is 2. The van der Waals surface area contributed by atoms with Crippen molar-refractivity contribution in [2.45, 2.75) is 50.7 Å². The van der Waals surface area contributed by atoms with Gasteiger partial charge in [0.2, 0.25) is 0 Å². The number of benzene rings is 1. The lowest BCUT2D eigenvalue weighted by Crippen LogP contribution is -2.47. The molecular formula is C15H20N2O. The number of carbonyl (C=O) groups is 1. The van der Waals surface area contributed by atoms with Crippen LogP contribution in [0.4, 0.5) is 5.69 Å². The van der Waals surface area contributed by atoms with Crippen LogP contribution in [-0.4, -0.2) is 23.9 Å². The van der Waals surface area contributed by atoms with Gasteiger partial charge in [0.1, 0.15) is 0 Å². The molecular weight excluding hydrogens is 224 g/mol. The Hall–Kier alpha value is -1.35. The highest BCUT2D eigenvalue weighted by Gasteiger charge is 2.39. The van der Waals surface area contributed by atoms with Crippen LogP contribution in [0.5, 0.6) is 0 Å². The lowest BCUT2D eigenvalue weighted by molar-refractivity contribution is 0.101. The first kappa shape index (κ1) is 11.7. The standard InChI is InChI=1S/C15H20N2O/c1-10(18)11-3-2-4-13(7-11)17-14-5-6-15(17)9-12(16)8-14/h2-4,7,12,14-15H,5-6,8-9,16H2,1H3. The molecule has 2 fully saturated rings. The molecule has 2 bridgehead atoms. The summed E-state index contributed by atoms with van der Waals surface area (Å²) in [4.78, 5) is 14.0. The molecule has 2 unspecified atom stereocenters. The molecule has 0 spiro atoms. The Morgan fingerprint density at radius 3 is 2.56 bits per heavy atom. The van der Waals surface area contributed by atoms with E-state index < -0.39 is 0 Å². The second-order valence-electron chi connectivity index (χ2n) is 5.63. The SMILES string of the molecule is CC(=O)c1cccc(N2C3CCC2CC(N)C3)c1. The fraction of sp³-hybridized carbons (Fsp3) is 0.533. The Kier molecular flexibility index (Phi) is 2.86. The van der Waals surface area contributed by atoms with E-state index in [1.807, 2.05) is 18.2 Å². The number of anilines is 1. The van der Waals surface area contributed by atoms with E-state index in [2.05, 4.69) is 11.0 Å². The average Bonchev–Trinajstić information content (AvgIpc) is 2.62. The first-order valence-corrected chi connectivity index (χ1v) is 6.80. The van der Waals surface area contributed by atoms with Gasteiger partial charge < -0.3 is 10.6 Å². The van der Waals surface area contributed by atoms with Crippen molar-refractivity contribution < 1.29 is 4.79 Å². The average molecular weight is 244 g/mol. The molecule has 1 aromatic rings. The molecule has 2 heterocycles. The summed E-state index contributed by atoms with van der Waals surface area (Å²) in [6.07, 6.45) is 4.65. The van der Waals surface area contributed by atoms with Gasteiger partial charge in [-0.1, -0.05) is 12.1 Å². The van der Waals surface area contributed by atoms with E-state index in [1.165, 1.54) is 18.5 Å². The number of hydrogen-bond acceptors (Lipinski definition) is 3. The predicted molar refractivity (Wildman–Crippen MR) is 72.9 cm³/mol. The molecule has 0 saturated carbocycles. The minimum absolute atomic E-state index is 0.137. The van der Waals surface area contributed by atoms with Gasteiger partial charge in [-0.05, 0) is 44.7 Å². The Bertz CT molecular complexity index is 457. The molecule has 1 aromatic carbocycles. The molecule has 2 N–H and O–H groups in total. The van der Waals surface area contributed by atoms with E-state index in [0.717, 1.165) is 18.4 Å². The molecule has 18 heavy (non-hydrogen) atoms. The minimum atomic E-state index is 0.137. The van der Waals surface area contributed by atoms with Crippen LogP contribution in [0.2, 0.25) is 0 Å². The summed E-state index contributed by atoms with van der Waals surface area (Å²) < 4.78 is 0. The topological polar surface area (TPSA) is 46.3 Å². The van der Waals surface area contributed by atoms with Gasteiger partial charge in [0, 0.05) is 29.4 Å².